The molecule has 0 aliphatic carbocycles. The number of carbonyl (C=O) groups excluding carboxylic acids is 2. The highest BCUT2D eigenvalue weighted by atomic mass is 32.1. The Morgan fingerprint density at radius 1 is 1.29 bits per heavy atom. The molecular weight excluding hydrogens is 378 g/mol. The SMILES string of the molecule is CC(C)(C)OC(=O)N1CCc2nc(NC(=O)c3cc4ccccc4o3)sc2C1. The lowest BCUT2D eigenvalue weighted by Gasteiger charge is -2.29. The summed E-state index contributed by atoms with van der Waals surface area (Å²) in [4.78, 5) is 31.9. The summed E-state index contributed by atoms with van der Waals surface area (Å²) in [5.41, 5.74) is 1.04. The second-order valence-electron chi connectivity index (χ2n) is 7.64. The van der Waals surface area contributed by atoms with Gasteiger partial charge in [-0.25, -0.2) is 9.78 Å². The Morgan fingerprint density at radius 2 is 2.07 bits per heavy atom. The highest BCUT2D eigenvalue weighted by molar-refractivity contribution is 7.15. The van der Waals surface area contributed by atoms with E-state index in [0.29, 0.717) is 30.2 Å². The third-order valence-corrected chi connectivity index (χ3v) is 5.25. The minimum atomic E-state index is -0.531. The maximum atomic E-state index is 12.5. The second-order valence-corrected chi connectivity index (χ2v) is 8.73. The Labute approximate surface area is 166 Å². The number of furan rings is 1. The van der Waals surface area contributed by atoms with Crippen molar-refractivity contribution in [1.29, 1.82) is 0 Å². The lowest BCUT2D eigenvalue weighted by molar-refractivity contribution is 0.0225. The van der Waals surface area contributed by atoms with Crippen LogP contribution in [0.25, 0.3) is 11.0 Å². The Kier molecular flexibility index (Phi) is 4.58. The standard InChI is InChI=1S/C20H21N3O4S/c1-20(2,3)27-19(25)23-9-8-13-16(11-23)28-18(21-13)22-17(24)15-10-12-6-4-5-7-14(12)26-15/h4-7,10H,8-9,11H2,1-3H3,(H,21,22,24). The first-order chi connectivity index (χ1) is 13.3. The molecule has 3 aromatic rings. The number of para-hydroxylation sites is 1. The van der Waals surface area contributed by atoms with Gasteiger partial charge in [-0.05, 0) is 32.9 Å². The number of hydrogen-bond donors (Lipinski definition) is 1. The summed E-state index contributed by atoms with van der Waals surface area (Å²) in [7, 11) is 0. The van der Waals surface area contributed by atoms with E-state index < -0.39 is 5.60 Å². The van der Waals surface area contributed by atoms with Gasteiger partial charge in [0.1, 0.15) is 11.2 Å². The Balaban J connectivity index is 1.45. The molecule has 1 N–H and O–H groups in total. The van der Waals surface area contributed by atoms with Crippen molar-refractivity contribution >= 4 is 39.4 Å². The van der Waals surface area contributed by atoms with Crippen molar-refractivity contribution in [3.63, 3.8) is 0 Å². The summed E-state index contributed by atoms with van der Waals surface area (Å²) in [6.07, 6.45) is 0.297. The van der Waals surface area contributed by atoms with Crippen molar-refractivity contribution in [2.75, 3.05) is 11.9 Å². The predicted molar refractivity (Wildman–Crippen MR) is 107 cm³/mol. The first-order valence-electron chi connectivity index (χ1n) is 9.05. The van der Waals surface area contributed by atoms with E-state index in [1.165, 1.54) is 11.3 Å². The molecule has 3 heterocycles. The maximum absolute atomic E-state index is 12.5. The first-order valence-corrected chi connectivity index (χ1v) is 9.86. The van der Waals surface area contributed by atoms with Crippen LogP contribution in [0.2, 0.25) is 0 Å². The Morgan fingerprint density at radius 3 is 2.82 bits per heavy atom. The molecule has 8 heteroatoms. The largest absolute Gasteiger partial charge is 0.451 e. The molecule has 146 valence electrons. The second kappa shape index (κ2) is 6.94. The molecule has 2 amide bonds. The van der Waals surface area contributed by atoms with E-state index in [1.807, 2.05) is 45.0 Å². The van der Waals surface area contributed by atoms with Crippen molar-refractivity contribution in [2.24, 2.45) is 0 Å². The monoisotopic (exact) mass is 399 g/mol. The van der Waals surface area contributed by atoms with Crippen LogP contribution in [0, 0.1) is 0 Å². The molecule has 0 spiro atoms. The van der Waals surface area contributed by atoms with E-state index in [9.17, 15) is 9.59 Å². The maximum Gasteiger partial charge on any atom is 0.410 e. The number of nitrogens with one attached hydrogen (secondary N) is 1. The zero-order valence-electron chi connectivity index (χ0n) is 15.9. The van der Waals surface area contributed by atoms with E-state index in [4.69, 9.17) is 9.15 Å². The molecular formula is C20H21N3O4S. The van der Waals surface area contributed by atoms with Gasteiger partial charge in [0.25, 0.3) is 5.91 Å². The first kappa shape index (κ1) is 18.5. The van der Waals surface area contributed by atoms with Gasteiger partial charge in [-0.1, -0.05) is 29.5 Å². The fourth-order valence-electron chi connectivity index (χ4n) is 2.98. The number of ether oxygens (including phenoxy) is 1. The van der Waals surface area contributed by atoms with Gasteiger partial charge in [0, 0.05) is 23.2 Å². The lowest BCUT2D eigenvalue weighted by atomic mass is 10.2. The van der Waals surface area contributed by atoms with E-state index in [2.05, 4.69) is 10.3 Å². The molecule has 0 saturated carbocycles. The molecule has 1 aliphatic rings. The molecule has 0 saturated heterocycles. The van der Waals surface area contributed by atoms with Crippen LogP contribution in [0.5, 0.6) is 0 Å². The van der Waals surface area contributed by atoms with Crippen molar-refractivity contribution < 1.29 is 18.7 Å². The van der Waals surface area contributed by atoms with Gasteiger partial charge in [0.15, 0.2) is 10.9 Å². The third-order valence-electron chi connectivity index (χ3n) is 4.25. The van der Waals surface area contributed by atoms with Gasteiger partial charge >= 0.3 is 6.09 Å². The number of nitrogens with zero attached hydrogens (tertiary/aromatic N) is 2. The number of hydrogen-bond acceptors (Lipinski definition) is 6. The summed E-state index contributed by atoms with van der Waals surface area (Å²) >= 11 is 1.37. The minimum absolute atomic E-state index is 0.241. The van der Waals surface area contributed by atoms with Crippen LogP contribution in [-0.2, 0) is 17.7 Å². The topological polar surface area (TPSA) is 84.7 Å². The zero-order valence-corrected chi connectivity index (χ0v) is 16.8. The zero-order chi connectivity index (χ0) is 19.9. The summed E-state index contributed by atoms with van der Waals surface area (Å²) in [6, 6.07) is 9.18. The molecule has 2 aromatic heterocycles. The molecule has 0 radical (unpaired) electrons. The molecule has 1 aliphatic heterocycles. The van der Waals surface area contributed by atoms with Crippen LogP contribution in [0.3, 0.4) is 0 Å². The smallest absolute Gasteiger partial charge is 0.410 e. The fourth-order valence-corrected chi connectivity index (χ4v) is 4.00. The van der Waals surface area contributed by atoms with E-state index in [1.54, 1.807) is 11.0 Å². The number of fused-ring (bicyclic) bond motifs is 2. The van der Waals surface area contributed by atoms with Gasteiger partial charge in [0.2, 0.25) is 0 Å². The van der Waals surface area contributed by atoms with Crippen molar-refractivity contribution in [2.45, 2.75) is 39.3 Å². The molecule has 0 atom stereocenters. The normalized spacial score (nSPS) is 14.0. The number of carbonyl (C=O) groups is 2. The number of thiazole rings is 1. The van der Waals surface area contributed by atoms with Crippen LogP contribution in [0.15, 0.2) is 34.7 Å². The minimum Gasteiger partial charge on any atom is -0.451 e. The van der Waals surface area contributed by atoms with E-state index in [-0.39, 0.29) is 17.8 Å². The van der Waals surface area contributed by atoms with Gasteiger partial charge < -0.3 is 14.1 Å². The van der Waals surface area contributed by atoms with E-state index in [0.717, 1.165) is 16.0 Å². The number of aromatic nitrogens is 1. The van der Waals surface area contributed by atoms with Gasteiger partial charge in [-0.2, -0.15) is 0 Å². The summed E-state index contributed by atoms with van der Waals surface area (Å²) in [5, 5.41) is 4.17. The third kappa shape index (κ3) is 3.87. The van der Waals surface area contributed by atoms with Crippen LogP contribution < -0.4 is 5.32 Å². The molecule has 0 unspecified atom stereocenters. The summed E-state index contributed by atoms with van der Waals surface area (Å²) in [5.74, 6) is -0.101. The van der Waals surface area contributed by atoms with Crippen LogP contribution in [-0.4, -0.2) is 34.0 Å². The van der Waals surface area contributed by atoms with Gasteiger partial charge in [-0.15, -0.1) is 0 Å². The van der Waals surface area contributed by atoms with Crippen molar-refractivity contribution in [1.82, 2.24) is 9.88 Å². The number of anilines is 1. The predicted octanol–water partition coefficient (Wildman–Crippen LogP) is 4.43. The van der Waals surface area contributed by atoms with Gasteiger partial charge in [-0.3, -0.25) is 10.1 Å². The molecule has 0 bridgehead atoms. The molecule has 4 rings (SSSR count). The summed E-state index contributed by atoms with van der Waals surface area (Å²) in [6.45, 7) is 6.51. The average molecular weight is 399 g/mol. The van der Waals surface area contributed by atoms with Crippen LogP contribution >= 0.6 is 11.3 Å². The van der Waals surface area contributed by atoms with Crippen molar-refractivity contribution in [3.05, 3.63) is 46.7 Å². The van der Waals surface area contributed by atoms with Crippen LogP contribution in [0.4, 0.5) is 9.93 Å². The average Bonchev–Trinajstić information content (AvgIpc) is 3.22. The Bertz CT molecular complexity index is 1010. The lowest BCUT2D eigenvalue weighted by Crippen LogP contribution is -2.39. The number of amides is 2. The molecule has 7 nitrogen and oxygen atoms in total. The fraction of sp³-hybridized carbons (Fsp3) is 0.350. The highest BCUT2D eigenvalue weighted by Crippen LogP contribution is 2.30. The summed E-state index contributed by atoms with van der Waals surface area (Å²) < 4.78 is 11.0. The number of rotatable bonds is 2. The molecule has 0 fully saturated rings. The van der Waals surface area contributed by atoms with Crippen molar-refractivity contribution in [3.8, 4) is 0 Å². The highest BCUT2D eigenvalue weighted by Gasteiger charge is 2.28. The molecule has 28 heavy (non-hydrogen) atoms. The van der Waals surface area contributed by atoms with Crippen LogP contribution in [0.1, 0.15) is 41.9 Å². The molecule has 1 aromatic carbocycles. The van der Waals surface area contributed by atoms with E-state index >= 15 is 0 Å². The number of benzene rings is 1. The quantitative estimate of drug-likeness (QED) is 0.689. The van der Waals surface area contributed by atoms with Gasteiger partial charge in [0.05, 0.1) is 12.2 Å². The Hall–Kier alpha value is -2.87.